The molecule has 0 nitrogen and oxygen atoms in total. The second kappa shape index (κ2) is 9.79. The van der Waals surface area contributed by atoms with Gasteiger partial charge in [0.1, 0.15) is 17.5 Å². The van der Waals surface area contributed by atoms with Crippen LogP contribution in [0.2, 0.25) is 5.02 Å². The Kier molecular flexibility index (Phi) is 6.86. The van der Waals surface area contributed by atoms with Crippen molar-refractivity contribution < 1.29 is 13.2 Å². The summed E-state index contributed by atoms with van der Waals surface area (Å²) in [5, 5.41) is 1.72. The summed E-state index contributed by atoms with van der Waals surface area (Å²) in [6.07, 6.45) is 5.66. The maximum atomic E-state index is 15.3. The molecule has 0 heterocycles. The van der Waals surface area contributed by atoms with Crippen LogP contribution in [0, 0.1) is 17.5 Å². The maximum absolute atomic E-state index is 15.3. The van der Waals surface area contributed by atoms with Crippen molar-refractivity contribution in [2.75, 3.05) is 0 Å². The van der Waals surface area contributed by atoms with E-state index in [1.165, 1.54) is 37.0 Å². The van der Waals surface area contributed by atoms with Crippen LogP contribution in [0.25, 0.3) is 33.0 Å². The van der Waals surface area contributed by atoms with Crippen molar-refractivity contribution in [3.63, 3.8) is 0 Å². The lowest BCUT2D eigenvalue weighted by molar-refractivity contribution is 0.590. The molecule has 0 aliphatic rings. The monoisotopic (exact) mass is 452 g/mol. The topological polar surface area (TPSA) is 0 Å². The molecule has 0 fully saturated rings. The molecule has 0 spiro atoms. The van der Waals surface area contributed by atoms with E-state index in [0.29, 0.717) is 16.0 Å². The van der Waals surface area contributed by atoms with Gasteiger partial charge in [-0.05, 0) is 59.2 Å². The lowest BCUT2D eigenvalue weighted by Gasteiger charge is -2.12. The number of hydrogen-bond acceptors (Lipinski definition) is 0. The molecule has 0 saturated carbocycles. The molecule has 0 atom stereocenters. The van der Waals surface area contributed by atoms with E-state index in [1.807, 2.05) is 18.2 Å². The number of halogens is 4. The zero-order valence-electron chi connectivity index (χ0n) is 17.9. The van der Waals surface area contributed by atoms with E-state index < -0.39 is 17.5 Å². The van der Waals surface area contributed by atoms with Crippen LogP contribution in [0.3, 0.4) is 0 Å². The lowest BCUT2D eigenvalue weighted by Crippen LogP contribution is -1.95. The Balaban J connectivity index is 1.67. The average Bonchev–Trinajstić information content (AvgIpc) is 2.78. The summed E-state index contributed by atoms with van der Waals surface area (Å²) in [5.41, 5.74) is 1.74. The van der Waals surface area contributed by atoms with Crippen LogP contribution in [0.5, 0.6) is 0 Å². The van der Waals surface area contributed by atoms with Gasteiger partial charge in [-0.25, -0.2) is 13.2 Å². The van der Waals surface area contributed by atoms with Crippen molar-refractivity contribution >= 4 is 22.4 Å². The van der Waals surface area contributed by atoms with Gasteiger partial charge >= 0.3 is 0 Å². The summed E-state index contributed by atoms with van der Waals surface area (Å²) in [6, 6.07) is 17.7. The molecule has 0 radical (unpaired) electrons. The summed E-state index contributed by atoms with van der Waals surface area (Å²) in [6.45, 7) is 2.18. The summed E-state index contributed by atoms with van der Waals surface area (Å²) >= 11 is 5.87. The van der Waals surface area contributed by atoms with Crippen molar-refractivity contribution in [2.45, 2.75) is 39.0 Å². The van der Waals surface area contributed by atoms with Crippen LogP contribution >= 0.6 is 11.6 Å². The third-order valence-electron chi connectivity index (χ3n) is 5.82. The first kappa shape index (κ1) is 22.4. The highest BCUT2D eigenvalue weighted by Gasteiger charge is 2.17. The van der Waals surface area contributed by atoms with Crippen LogP contribution in [-0.4, -0.2) is 0 Å². The minimum atomic E-state index is -0.746. The second-order valence-electron chi connectivity index (χ2n) is 8.12. The molecule has 0 aromatic heterocycles. The highest BCUT2D eigenvalue weighted by atomic mass is 35.5. The molecule has 164 valence electrons. The fourth-order valence-corrected chi connectivity index (χ4v) is 4.22. The number of aryl methyl sites for hydroxylation is 1. The Morgan fingerprint density at radius 2 is 1.44 bits per heavy atom. The first-order valence-electron chi connectivity index (χ1n) is 10.9. The van der Waals surface area contributed by atoms with Crippen LogP contribution in [0.4, 0.5) is 13.2 Å². The summed E-state index contributed by atoms with van der Waals surface area (Å²) in [7, 11) is 0. The van der Waals surface area contributed by atoms with Gasteiger partial charge in [-0.15, -0.1) is 0 Å². The van der Waals surface area contributed by atoms with Crippen molar-refractivity contribution in [1.29, 1.82) is 0 Å². The maximum Gasteiger partial charge on any atom is 0.138 e. The van der Waals surface area contributed by atoms with E-state index in [1.54, 1.807) is 36.4 Å². The molecule has 0 N–H and O–H groups in total. The molecule has 4 heteroatoms. The largest absolute Gasteiger partial charge is 0.206 e. The highest BCUT2D eigenvalue weighted by molar-refractivity contribution is 6.30. The van der Waals surface area contributed by atoms with E-state index in [9.17, 15) is 8.78 Å². The van der Waals surface area contributed by atoms with Gasteiger partial charge in [-0.2, -0.15) is 0 Å². The van der Waals surface area contributed by atoms with Crippen molar-refractivity contribution in [3.05, 3.63) is 94.8 Å². The third-order valence-corrected chi connectivity index (χ3v) is 6.08. The van der Waals surface area contributed by atoms with Gasteiger partial charge in [-0.1, -0.05) is 80.3 Å². The van der Waals surface area contributed by atoms with Gasteiger partial charge in [0.15, 0.2) is 0 Å². The highest BCUT2D eigenvalue weighted by Crippen LogP contribution is 2.35. The van der Waals surface area contributed by atoms with Gasteiger partial charge in [-0.3, -0.25) is 0 Å². The number of benzene rings is 4. The first-order chi connectivity index (χ1) is 15.5. The van der Waals surface area contributed by atoms with Gasteiger partial charge in [0.05, 0.1) is 5.56 Å². The standard InChI is InChI=1S/C28H24ClF3/c1-2-3-4-5-6-18-7-13-23-20(15-18)10-14-24(28(23)32)21-16-25(30)27(26(31)17-21)19-8-11-22(29)12-9-19/h7-17H,2-6H2,1H3. The van der Waals surface area contributed by atoms with E-state index in [-0.39, 0.29) is 16.7 Å². The average molecular weight is 453 g/mol. The number of unbranched alkanes of at least 4 members (excludes halogenated alkanes) is 3. The fraction of sp³-hybridized carbons (Fsp3) is 0.214. The Morgan fingerprint density at radius 3 is 2.12 bits per heavy atom. The Labute approximate surface area is 191 Å². The molecule has 0 saturated heterocycles. The SMILES string of the molecule is CCCCCCc1ccc2c(F)c(-c3cc(F)c(-c4ccc(Cl)cc4)c(F)c3)ccc2c1. The third kappa shape index (κ3) is 4.68. The van der Waals surface area contributed by atoms with Crippen LogP contribution in [0.15, 0.2) is 66.7 Å². The molecule has 4 aromatic rings. The molecule has 0 bridgehead atoms. The molecular formula is C28H24ClF3. The quantitative estimate of drug-likeness (QED) is 0.245. The first-order valence-corrected chi connectivity index (χ1v) is 11.3. The molecule has 4 rings (SSSR count). The normalized spacial score (nSPS) is 11.3. The predicted octanol–water partition coefficient (Wildman–Crippen LogP) is 9.37. The fourth-order valence-electron chi connectivity index (χ4n) is 4.10. The van der Waals surface area contributed by atoms with Crippen LogP contribution < -0.4 is 0 Å². The van der Waals surface area contributed by atoms with E-state index in [0.717, 1.165) is 18.2 Å². The summed E-state index contributed by atoms with van der Waals surface area (Å²) in [5.74, 6) is -1.97. The molecule has 4 aromatic carbocycles. The molecule has 0 unspecified atom stereocenters. The minimum Gasteiger partial charge on any atom is -0.206 e. The second-order valence-corrected chi connectivity index (χ2v) is 8.55. The van der Waals surface area contributed by atoms with Crippen LogP contribution in [0.1, 0.15) is 38.2 Å². The van der Waals surface area contributed by atoms with Gasteiger partial charge in [0.25, 0.3) is 0 Å². The number of fused-ring (bicyclic) bond motifs is 1. The predicted molar refractivity (Wildman–Crippen MR) is 128 cm³/mol. The van der Waals surface area contributed by atoms with Crippen molar-refractivity contribution in [1.82, 2.24) is 0 Å². The number of hydrogen-bond donors (Lipinski definition) is 0. The molecule has 32 heavy (non-hydrogen) atoms. The van der Waals surface area contributed by atoms with E-state index in [4.69, 9.17) is 11.6 Å². The smallest absolute Gasteiger partial charge is 0.138 e. The van der Waals surface area contributed by atoms with Gasteiger partial charge < -0.3 is 0 Å². The Bertz CT molecular complexity index is 1220. The summed E-state index contributed by atoms with van der Waals surface area (Å²) < 4.78 is 45.0. The Morgan fingerprint density at radius 1 is 0.719 bits per heavy atom. The molecule has 0 aliphatic heterocycles. The summed E-state index contributed by atoms with van der Waals surface area (Å²) in [4.78, 5) is 0. The zero-order valence-corrected chi connectivity index (χ0v) is 18.7. The lowest BCUT2D eigenvalue weighted by atomic mass is 9.95. The molecule has 0 amide bonds. The number of rotatable bonds is 7. The van der Waals surface area contributed by atoms with E-state index >= 15 is 4.39 Å². The van der Waals surface area contributed by atoms with Gasteiger partial charge in [0, 0.05) is 16.0 Å². The molecular weight excluding hydrogens is 429 g/mol. The molecule has 0 aliphatic carbocycles. The van der Waals surface area contributed by atoms with Crippen molar-refractivity contribution in [2.24, 2.45) is 0 Å². The van der Waals surface area contributed by atoms with Crippen LogP contribution in [-0.2, 0) is 6.42 Å². The van der Waals surface area contributed by atoms with Crippen molar-refractivity contribution in [3.8, 4) is 22.3 Å². The van der Waals surface area contributed by atoms with E-state index in [2.05, 4.69) is 6.92 Å². The van der Waals surface area contributed by atoms with Gasteiger partial charge in [0.2, 0.25) is 0 Å². The minimum absolute atomic E-state index is 0.153. The Hall–Kier alpha value is -2.78. The zero-order chi connectivity index (χ0) is 22.7.